The van der Waals surface area contributed by atoms with Crippen LogP contribution in [0.3, 0.4) is 0 Å². The van der Waals surface area contributed by atoms with Crippen LogP contribution in [0.5, 0.6) is 5.75 Å². The summed E-state index contributed by atoms with van der Waals surface area (Å²) in [5, 5.41) is 0. The van der Waals surface area contributed by atoms with Crippen molar-refractivity contribution in [2.24, 2.45) is 5.92 Å². The van der Waals surface area contributed by atoms with Gasteiger partial charge in [0.05, 0.1) is 6.61 Å². The van der Waals surface area contributed by atoms with Gasteiger partial charge in [0.2, 0.25) is 5.82 Å². The molecule has 0 aromatic heterocycles. The van der Waals surface area contributed by atoms with Gasteiger partial charge in [0.15, 0.2) is 11.6 Å². The van der Waals surface area contributed by atoms with Gasteiger partial charge in [-0.3, -0.25) is 0 Å². The van der Waals surface area contributed by atoms with E-state index in [9.17, 15) is 13.2 Å². The molecule has 1 nitrogen and oxygen atoms in total. The van der Waals surface area contributed by atoms with Crippen LogP contribution in [-0.4, -0.2) is 6.61 Å². The third-order valence-corrected chi connectivity index (χ3v) is 6.15. The maximum atomic E-state index is 14.6. The summed E-state index contributed by atoms with van der Waals surface area (Å²) in [6.07, 6.45) is 7.15. The molecule has 1 fully saturated rings. The topological polar surface area (TPSA) is 9.23 Å². The van der Waals surface area contributed by atoms with Crippen LogP contribution in [0.4, 0.5) is 13.2 Å². The molecule has 0 unspecified atom stereocenters. The smallest absolute Gasteiger partial charge is 0.200 e. The summed E-state index contributed by atoms with van der Waals surface area (Å²) in [6, 6.07) is 8.79. The first-order valence-electron chi connectivity index (χ1n) is 10.9. The molecule has 0 saturated heterocycles. The molecule has 0 radical (unpaired) electrons. The normalized spacial score (nSPS) is 19.3. The van der Waals surface area contributed by atoms with Crippen molar-refractivity contribution in [2.45, 2.75) is 71.1 Å². The number of halogens is 3. The minimum Gasteiger partial charge on any atom is -0.490 e. The van der Waals surface area contributed by atoms with Crippen LogP contribution in [0.25, 0.3) is 0 Å². The second kappa shape index (κ2) is 10.2. The molecule has 1 saturated carbocycles. The van der Waals surface area contributed by atoms with Gasteiger partial charge >= 0.3 is 0 Å². The monoisotopic (exact) mass is 404 g/mol. The molecule has 0 N–H and O–H groups in total. The molecule has 0 spiro atoms. The number of ether oxygens (including phenoxy) is 1. The Morgan fingerprint density at radius 3 is 2.34 bits per heavy atom. The number of hydrogen-bond donors (Lipinski definition) is 0. The maximum absolute atomic E-state index is 14.6. The Hall–Kier alpha value is -1.97. The van der Waals surface area contributed by atoms with Crippen molar-refractivity contribution in [3.8, 4) is 5.75 Å². The molecular formula is C25H31F3O. The molecule has 0 aliphatic heterocycles. The molecule has 1 aliphatic rings. The highest BCUT2D eigenvalue weighted by Crippen LogP contribution is 2.37. The molecule has 0 heterocycles. The van der Waals surface area contributed by atoms with Gasteiger partial charge in [0.25, 0.3) is 0 Å². The average Bonchev–Trinajstić information content (AvgIpc) is 2.74. The van der Waals surface area contributed by atoms with Crippen LogP contribution >= 0.6 is 0 Å². The van der Waals surface area contributed by atoms with Gasteiger partial charge < -0.3 is 4.74 Å². The lowest BCUT2D eigenvalue weighted by atomic mass is 9.78. The third kappa shape index (κ3) is 5.34. The van der Waals surface area contributed by atoms with Gasteiger partial charge in [0.1, 0.15) is 5.82 Å². The van der Waals surface area contributed by atoms with E-state index in [0.29, 0.717) is 18.6 Å². The van der Waals surface area contributed by atoms with E-state index in [4.69, 9.17) is 4.74 Å². The molecule has 158 valence electrons. The van der Waals surface area contributed by atoms with E-state index in [0.717, 1.165) is 56.1 Å². The van der Waals surface area contributed by atoms with Crippen molar-refractivity contribution in [1.29, 1.82) is 0 Å². The standard InChI is InChI=1S/C25H31F3O/c1-3-5-6-17-9-13-21(22(26)15-17)20-10-7-18(8-11-20)16-29-23-14-12-19(4-2)24(27)25(23)28/h9,12-15,18,20H,3-8,10-11,16H2,1-2H3. The van der Waals surface area contributed by atoms with E-state index in [1.54, 1.807) is 19.1 Å². The van der Waals surface area contributed by atoms with Crippen molar-refractivity contribution in [3.63, 3.8) is 0 Å². The molecule has 2 aromatic rings. The van der Waals surface area contributed by atoms with E-state index in [1.165, 1.54) is 6.07 Å². The van der Waals surface area contributed by atoms with Gasteiger partial charge in [-0.25, -0.2) is 8.78 Å². The first kappa shape index (κ1) is 21.7. The lowest BCUT2D eigenvalue weighted by Gasteiger charge is -2.29. The summed E-state index contributed by atoms with van der Waals surface area (Å²) < 4.78 is 48.2. The predicted molar refractivity (Wildman–Crippen MR) is 111 cm³/mol. The summed E-state index contributed by atoms with van der Waals surface area (Å²) in [7, 11) is 0. The molecule has 0 bridgehead atoms. The Labute approximate surface area is 172 Å². The minimum atomic E-state index is -0.900. The van der Waals surface area contributed by atoms with Gasteiger partial charge in [-0.2, -0.15) is 4.39 Å². The number of unbranched alkanes of at least 4 members (excludes halogenated alkanes) is 1. The SMILES string of the molecule is CCCCc1ccc(C2CCC(COc3ccc(CC)c(F)c3F)CC2)c(F)c1. The predicted octanol–water partition coefficient (Wildman–Crippen LogP) is 7.36. The van der Waals surface area contributed by atoms with Crippen molar-refractivity contribution in [3.05, 3.63) is 64.5 Å². The molecule has 0 atom stereocenters. The number of aryl methyl sites for hydroxylation is 2. The molecule has 3 rings (SSSR count). The summed E-state index contributed by atoms with van der Waals surface area (Å²) in [5.41, 5.74) is 2.24. The van der Waals surface area contributed by atoms with Gasteiger partial charge in [0, 0.05) is 0 Å². The molecule has 2 aromatic carbocycles. The Morgan fingerprint density at radius 2 is 1.69 bits per heavy atom. The molecule has 4 heteroatoms. The molecule has 0 amide bonds. The Balaban J connectivity index is 1.53. The van der Waals surface area contributed by atoms with Crippen LogP contribution < -0.4 is 4.74 Å². The Bertz CT molecular complexity index is 810. The summed E-state index contributed by atoms with van der Waals surface area (Å²) in [6.45, 7) is 4.30. The van der Waals surface area contributed by atoms with Gasteiger partial charge in [-0.05, 0) is 85.6 Å². The number of rotatable bonds is 8. The fourth-order valence-electron chi connectivity index (χ4n) is 4.24. The quantitative estimate of drug-likeness (QED) is 0.446. The zero-order valence-corrected chi connectivity index (χ0v) is 17.4. The lowest BCUT2D eigenvalue weighted by molar-refractivity contribution is 0.192. The fraction of sp³-hybridized carbons (Fsp3) is 0.520. The van der Waals surface area contributed by atoms with Crippen LogP contribution in [0, 0.1) is 23.4 Å². The Morgan fingerprint density at radius 1 is 0.931 bits per heavy atom. The zero-order chi connectivity index (χ0) is 20.8. The number of hydrogen-bond acceptors (Lipinski definition) is 1. The Kier molecular flexibility index (Phi) is 7.63. The largest absolute Gasteiger partial charge is 0.490 e. The van der Waals surface area contributed by atoms with Crippen molar-refractivity contribution >= 4 is 0 Å². The second-order valence-electron chi connectivity index (χ2n) is 8.19. The van der Waals surface area contributed by atoms with E-state index < -0.39 is 11.6 Å². The van der Waals surface area contributed by atoms with E-state index in [-0.39, 0.29) is 23.4 Å². The number of benzene rings is 2. The third-order valence-electron chi connectivity index (χ3n) is 6.15. The van der Waals surface area contributed by atoms with Crippen LogP contribution in [0.15, 0.2) is 30.3 Å². The summed E-state index contributed by atoms with van der Waals surface area (Å²) in [4.78, 5) is 0. The van der Waals surface area contributed by atoms with Crippen LogP contribution in [0.1, 0.15) is 75.0 Å². The average molecular weight is 405 g/mol. The van der Waals surface area contributed by atoms with Crippen LogP contribution in [0.2, 0.25) is 0 Å². The van der Waals surface area contributed by atoms with Gasteiger partial charge in [-0.15, -0.1) is 0 Å². The van der Waals surface area contributed by atoms with E-state index in [2.05, 4.69) is 13.0 Å². The van der Waals surface area contributed by atoms with Crippen molar-refractivity contribution in [1.82, 2.24) is 0 Å². The maximum Gasteiger partial charge on any atom is 0.200 e. The van der Waals surface area contributed by atoms with E-state index in [1.807, 2.05) is 6.07 Å². The first-order chi connectivity index (χ1) is 14.0. The lowest BCUT2D eigenvalue weighted by Crippen LogP contribution is -2.20. The minimum absolute atomic E-state index is 0.0180. The molecule has 1 aliphatic carbocycles. The molecule has 29 heavy (non-hydrogen) atoms. The highest BCUT2D eigenvalue weighted by Gasteiger charge is 2.25. The van der Waals surface area contributed by atoms with Gasteiger partial charge in [-0.1, -0.05) is 38.5 Å². The zero-order valence-electron chi connectivity index (χ0n) is 17.4. The van der Waals surface area contributed by atoms with E-state index >= 15 is 0 Å². The highest BCUT2D eigenvalue weighted by atomic mass is 19.2. The first-order valence-corrected chi connectivity index (χ1v) is 10.9. The molecular weight excluding hydrogens is 373 g/mol. The highest BCUT2D eigenvalue weighted by molar-refractivity contribution is 5.31. The summed E-state index contributed by atoms with van der Waals surface area (Å²) in [5.74, 6) is -1.31. The van der Waals surface area contributed by atoms with Crippen molar-refractivity contribution < 1.29 is 17.9 Å². The fourth-order valence-corrected chi connectivity index (χ4v) is 4.24. The second-order valence-corrected chi connectivity index (χ2v) is 8.19. The van der Waals surface area contributed by atoms with Crippen molar-refractivity contribution in [2.75, 3.05) is 6.61 Å². The summed E-state index contributed by atoms with van der Waals surface area (Å²) >= 11 is 0. The van der Waals surface area contributed by atoms with Crippen LogP contribution in [-0.2, 0) is 12.8 Å².